The number of pyridine rings is 1. The molecule has 0 spiro atoms. The van der Waals surface area contributed by atoms with Gasteiger partial charge in [0.1, 0.15) is 5.82 Å². The first-order valence-corrected chi connectivity index (χ1v) is 5.72. The maximum Gasteiger partial charge on any atom is 0.416 e. The van der Waals surface area contributed by atoms with Gasteiger partial charge in [-0.3, -0.25) is 0 Å². The zero-order chi connectivity index (χ0) is 14.8. The van der Waals surface area contributed by atoms with Crippen molar-refractivity contribution in [3.8, 4) is 17.2 Å². The van der Waals surface area contributed by atoms with Gasteiger partial charge in [0.05, 0.1) is 23.7 Å². The molecule has 0 fully saturated rings. The summed E-state index contributed by atoms with van der Waals surface area (Å²) >= 11 is 0. The molecule has 1 heterocycles. The maximum atomic E-state index is 12.7. The Hall–Kier alpha value is -2.55. The van der Waals surface area contributed by atoms with Gasteiger partial charge in [-0.05, 0) is 29.8 Å². The zero-order valence-electron chi connectivity index (χ0n) is 10.3. The summed E-state index contributed by atoms with van der Waals surface area (Å²) in [6.07, 6.45) is -4.30. The Kier molecular flexibility index (Phi) is 3.61. The number of hydrogen-bond acceptors (Lipinski definition) is 3. The highest BCUT2D eigenvalue weighted by Gasteiger charge is 2.30. The van der Waals surface area contributed by atoms with Gasteiger partial charge in [-0.1, -0.05) is 12.1 Å². The van der Waals surface area contributed by atoms with E-state index in [9.17, 15) is 13.2 Å². The Morgan fingerprint density at radius 2 is 1.95 bits per heavy atom. The predicted molar refractivity (Wildman–Crippen MR) is 68.4 cm³/mol. The van der Waals surface area contributed by atoms with Crippen LogP contribution in [-0.2, 0) is 12.6 Å². The average molecular weight is 277 g/mol. The molecule has 102 valence electrons. The van der Waals surface area contributed by atoms with Crippen molar-refractivity contribution in [2.24, 2.45) is 0 Å². The Morgan fingerprint density at radius 3 is 2.55 bits per heavy atom. The van der Waals surface area contributed by atoms with Crippen LogP contribution >= 0.6 is 0 Å². The van der Waals surface area contributed by atoms with Crippen LogP contribution in [-0.4, -0.2) is 4.98 Å². The molecule has 0 amide bonds. The van der Waals surface area contributed by atoms with Crippen LogP contribution in [0, 0.1) is 11.3 Å². The fraction of sp³-hybridized carbons (Fsp3) is 0.143. The topological polar surface area (TPSA) is 62.7 Å². The molecular weight excluding hydrogens is 267 g/mol. The number of halogens is 3. The molecule has 0 bridgehead atoms. The Balaban J connectivity index is 2.45. The van der Waals surface area contributed by atoms with Crippen molar-refractivity contribution in [3.05, 3.63) is 47.7 Å². The third kappa shape index (κ3) is 2.88. The van der Waals surface area contributed by atoms with Crippen LogP contribution < -0.4 is 5.73 Å². The van der Waals surface area contributed by atoms with Gasteiger partial charge in [-0.15, -0.1) is 0 Å². The summed E-state index contributed by atoms with van der Waals surface area (Å²) in [7, 11) is 0. The van der Waals surface area contributed by atoms with Crippen molar-refractivity contribution < 1.29 is 13.2 Å². The fourth-order valence-electron chi connectivity index (χ4n) is 1.80. The summed E-state index contributed by atoms with van der Waals surface area (Å²) in [5, 5.41) is 8.57. The van der Waals surface area contributed by atoms with E-state index in [-0.39, 0.29) is 12.2 Å². The molecule has 20 heavy (non-hydrogen) atoms. The lowest BCUT2D eigenvalue weighted by molar-refractivity contribution is -0.137. The summed E-state index contributed by atoms with van der Waals surface area (Å²) in [6.45, 7) is 0. The van der Waals surface area contributed by atoms with Crippen molar-refractivity contribution >= 4 is 5.82 Å². The summed E-state index contributed by atoms with van der Waals surface area (Å²) in [4.78, 5) is 4.01. The number of nitrogen functional groups attached to an aromatic ring is 1. The molecular formula is C14H10F3N3. The third-order valence-electron chi connectivity index (χ3n) is 2.74. The molecule has 6 heteroatoms. The van der Waals surface area contributed by atoms with Crippen LogP contribution in [0.3, 0.4) is 0 Å². The molecule has 1 aromatic carbocycles. The van der Waals surface area contributed by atoms with Crippen molar-refractivity contribution in [2.75, 3.05) is 5.73 Å². The van der Waals surface area contributed by atoms with Gasteiger partial charge in [0.15, 0.2) is 0 Å². The van der Waals surface area contributed by atoms with Gasteiger partial charge >= 0.3 is 6.18 Å². The number of benzene rings is 1. The number of alkyl halides is 3. The molecule has 0 radical (unpaired) electrons. The molecule has 0 saturated carbocycles. The van der Waals surface area contributed by atoms with E-state index in [0.29, 0.717) is 16.8 Å². The van der Waals surface area contributed by atoms with Crippen LogP contribution in [0.1, 0.15) is 11.3 Å². The fourth-order valence-corrected chi connectivity index (χ4v) is 1.80. The minimum absolute atomic E-state index is 0.104. The van der Waals surface area contributed by atoms with E-state index >= 15 is 0 Å². The third-order valence-corrected chi connectivity index (χ3v) is 2.74. The monoisotopic (exact) mass is 277 g/mol. The minimum atomic E-state index is -4.40. The van der Waals surface area contributed by atoms with E-state index in [4.69, 9.17) is 11.0 Å². The Morgan fingerprint density at radius 1 is 1.20 bits per heavy atom. The quantitative estimate of drug-likeness (QED) is 0.914. The van der Waals surface area contributed by atoms with Crippen molar-refractivity contribution in [2.45, 2.75) is 12.6 Å². The number of aromatic nitrogens is 1. The lowest BCUT2D eigenvalue weighted by atomic mass is 10.0. The molecule has 1 aromatic heterocycles. The number of rotatable bonds is 2. The van der Waals surface area contributed by atoms with E-state index in [2.05, 4.69) is 4.98 Å². The van der Waals surface area contributed by atoms with Crippen LogP contribution in [0.2, 0.25) is 0 Å². The molecule has 0 saturated heterocycles. The highest BCUT2D eigenvalue weighted by molar-refractivity contribution is 5.74. The minimum Gasteiger partial charge on any atom is -0.383 e. The summed E-state index contributed by atoms with van der Waals surface area (Å²) in [6, 6.07) is 9.96. The van der Waals surface area contributed by atoms with Gasteiger partial charge in [-0.25, -0.2) is 4.98 Å². The first kappa shape index (κ1) is 13.9. The molecule has 0 aliphatic rings. The van der Waals surface area contributed by atoms with Gasteiger partial charge in [0.2, 0.25) is 0 Å². The Bertz CT molecular complexity index is 672. The molecule has 0 unspecified atom stereocenters. The first-order valence-electron chi connectivity index (χ1n) is 5.72. The summed E-state index contributed by atoms with van der Waals surface area (Å²) in [5.74, 6) is 0.108. The van der Waals surface area contributed by atoms with Crippen LogP contribution in [0.5, 0.6) is 0 Å². The SMILES string of the molecule is N#CCc1ccc(-c2cccc(C(F)(F)F)c2)c(N)n1. The second kappa shape index (κ2) is 5.21. The van der Waals surface area contributed by atoms with Crippen LogP contribution in [0.15, 0.2) is 36.4 Å². The Labute approximate surface area is 113 Å². The number of nitrogens with zero attached hydrogens (tertiary/aromatic N) is 2. The standard InChI is InChI=1S/C14H10F3N3/c15-14(16,17)10-3-1-2-9(8-10)12-5-4-11(6-7-18)20-13(12)19/h1-5,8H,6H2,(H2,19,20). The highest BCUT2D eigenvalue weighted by atomic mass is 19.4. The molecule has 2 rings (SSSR count). The average Bonchev–Trinajstić information content (AvgIpc) is 2.38. The van der Waals surface area contributed by atoms with Gasteiger partial charge < -0.3 is 5.73 Å². The second-order valence-corrected chi connectivity index (χ2v) is 4.15. The molecule has 3 nitrogen and oxygen atoms in total. The zero-order valence-corrected chi connectivity index (χ0v) is 10.3. The number of hydrogen-bond donors (Lipinski definition) is 1. The largest absolute Gasteiger partial charge is 0.416 e. The van der Waals surface area contributed by atoms with E-state index in [0.717, 1.165) is 12.1 Å². The number of nitriles is 1. The number of anilines is 1. The lowest BCUT2D eigenvalue weighted by Crippen LogP contribution is -2.05. The molecule has 2 N–H and O–H groups in total. The first-order chi connectivity index (χ1) is 9.41. The molecule has 0 atom stereocenters. The van der Waals surface area contributed by atoms with E-state index < -0.39 is 11.7 Å². The molecule has 0 aliphatic heterocycles. The summed E-state index contributed by atoms with van der Waals surface area (Å²) in [5.41, 5.74) is 6.24. The van der Waals surface area contributed by atoms with E-state index in [1.807, 2.05) is 6.07 Å². The van der Waals surface area contributed by atoms with E-state index in [1.165, 1.54) is 12.1 Å². The van der Waals surface area contributed by atoms with Gasteiger partial charge in [-0.2, -0.15) is 18.4 Å². The smallest absolute Gasteiger partial charge is 0.383 e. The van der Waals surface area contributed by atoms with Crippen molar-refractivity contribution in [1.82, 2.24) is 4.98 Å². The predicted octanol–water partition coefficient (Wildman–Crippen LogP) is 3.42. The van der Waals surface area contributed by atoms with Crippen LogP contribution in [0.4, 0.5) is 19.0 Å². The molecule has 0 aliphatic carbocycles. The number of nitrogens with two attached hydrogens (primary N) is 1. The van der Waals surface area contributed by atoms with Gasteiger partial charge in [0, 0.05) is 5.56 Å². The van der Waals surface area contributed by atoms with Gasteiger partial charge in [0.25, 0.3) is 0 Å². The lowest BCUT2D eigenvalue weighted by Gasteiger charge is -2.10. The summed E-state index contributed by atoms with van der Waals surface area (Å²) < 4.78 is 38.0. The highest BCUT2D eigenvalue weighted by Crippen LogP contribution is 2.33. The van der Waals surface area contributed by atoms with Crippen LogP contribution in [0.25, 0.3) is 11.1 Å². The maximum absolute atomic E-state index is 12.7. The van der Waals surface area contributed by atoms with Crippen molar-refractivity contribution in [3.63, 3.8) is 0 Å². The second-order valence-electron chi connectivity index (χ2n) is 4.15. The van der Waals surface area contributed by atoms with Crippen molar-refractivity contribution in [1.29, 1.82) is 5.26 Å². The normalized spacial score (nSPS) is 11.1. The van der Waals surface area contributed by atoms with E-state index in [1.54, 1.807) is 12.1 Å². The molecule has 2 aromatic rings.